The van der Waals surface area contributed by atoms with E-state index in [0.717, 1.165) is 6.42 Å². The molecule has 5 heteroatoms. The molecule has 0 aromatic carbocycles. The summed E-state index contributed by atoms with van der Waals surface area (Å²) in [4.78, 5) is 24.8. The minimum atomic E-state index is -0.483. The maximum absolute atomic E-state index is 11.8. The second kappa shape index (κ2) is 5.89. The SMILES string of the molecule is C/C=C/C(=O)N[C@@H]1CCN(C(=O)OC(C)(C)C)C1. The first-order chi connectivity index (χ1) is 8.31. The third-order valence-corrected chi connectivity index (χ3v) is 2.50. The van der Waals surface area contributed by atoms with E-state index < -0.39 is 5.60 Å². The van der Waals surface area contributed by atoms with Crippen LogP contribution in [0.3, 0.4) is 0 Å². The first-order valence-corrected chi connectivity index (χ1v) is 6.23. The smallest absolute Gasteiger partial charge is 0.410 e. The average Bonchev–Trinajstić information content (AvgIpc) is 2.63. The predicted molar refractivity (Wildman–Crippen MR) is 69.2 cm³/mol. The molecule has 0 aromatic heterocycles. The number of carbonyl (C=O) groups is 2. The molecule has 18 heavy (non-hydrogen) atoms. The number of hydrogen-bond donors (Lipinski definition) is 1. The standard InChI is InChI=1S/C13H22N2O3/c1-5-6-11(16)14-10-7-8-15(9-10)12(17)18-13(2,3)4/h5-6,10H,7-9H2,1-4H3,(H,14,16)/b6-5+/t10-/m1/s1. The average molecular weight is 254 g/mol. The van der Waals surface area contributed by atoms with Crippen molar-refractivity contribution < 1.29 is 14.3 Å². The van der Waals surface area contributed by atoms with Crippen LogP contribution in [0.15, 0.2) is 12.2 Å². The quantitative estimate of drug-likeness (QED) is 0.763. The molecule has 2 amide bonds. The summed E-state index contributed by atoms with van der Waals surface area (Å²) < 4.78 is 5.28. The fraction of sp³-hybridized carbons (Fsp3) is 0.692. The van der Waals surface area contributed by atoms with Crippen LogP contribution in [0.25, 0.3) is 0 Å². The topological polar surface area (TPSA) is 58.6 Å². The molecule has 1 N–H and O–H groups in total. The highest BCUT2D eigenvalue weighted by atomic mass is 16.6. The molecule has 1 saturated heterocycles. The largest absolute Gasteiger partial charge is 0.444 e. The van der Waals surface area contributed by atoms with Crippen LogP contribution in [0.2, 0.25) is 0 Å². The summed E-state index contributed by atoms with van der Waals surface area (Å²) in [6.07, 6.45) is 3.62. The van der Waals surface area contributed by atoms with Gasteiger partial charge in [0.1, 0.15) is 5.60 Å². The van der Waals surface area contributed by atoms with Crippen LogP contribution in [-0.2, 0) is 9.53 Å². The Morgan fingerprint density at radius 3 is 2.61 bits per heavy atom. The highest BCUT2D eigenvalue weighted by molar-refractivity contribution is 5.87. The van der Waals surface area contributed by atoms with Crippen molar-refractivity contribution in [3.63, 3.8) is 0 Å². The number of nitrogens with one attached hydrogen (secondary N) is 1. The van der Waals surface area contributed by atoms with Gasteiger partial charge in [0.2, 0.25) is 5.91 Å². The maximum atomic E-state index is 11.8. The Labute approximate surface area is 108 Å². The Hall–Kier alpha value is -1.52. The second-order valence-electron chi connectivity index (χ2n) is 5.42. The van der Waals surface area contributed by atoms with Gasteiger partial charge < -0.3 is 15.0 Å². The number of hydrogen-bond acceptors (Lipinski definition) is 3. The lowest BCUT2D eigenvalue weighted by molar-refractivity contribution is -0.117. The Bertz CT molecular complexity index is 345. The summed E-state index contributed by atoms with van der Waals surface area (Å²) in [6, 6.07) is 0.0150. The van der Waals surface area contributed by atoms with E-state index in [1.54, 1.807) is 17.9 Å². The minimum absolute atomic E-state index is 0.0150. The van der Waals surface area contributed by atoms with E-state index in [1.807, 2.05) is 20.8 Å². The molecule has 0 aliphatic carbocycles. The highest BCUT2D eigenvalue weighted by Crippen LogP contribution is 2.15. The zero-order chi connectivity index (χ0) is 13.8. The van der Waals surface area contributed by atoms with Crippen LogP contribution in [0, 0.1) is 0 Å². The second-order valence-corrected chi connectivity index (χ2v) is 5.42. The third-order valence-electron chi connectivity index (χ3n) is 2.50. The van der Waals surface area contributed by atoms with Gasteiger partial charge in [-0.15, -0.1) is 0 Å². The zero-order valence-electron chi connectivity index (χ0n) is 11.5. The van der Waals surface area contributed by atoms with Crippen LogP contribution < -0.4 is 5.32 Å². The molecule has 1 atom stereocenters. The van der Waals surface area contributed by atoms with Gasteiger partial charge in [0, 0.05) is 19.1 Å². The van der Waals surface area contributed by atoms with Crippen molar-refractivity contribution in [1.29, 1.82) is 0 Å². The monoisotopic (exact) mass is 254 g/mol. The van der Waals surface area contributed by atoms with Crippen LogP contribution in [-0.4, -0.2) is 41.6 Å². The zero-order valence-corrected chi connectivity index (χ0v) is 11.5. The van der Waals surface area contributed by atoms with Gasteiger partial charge in [-0.05, 0) is 40.2 Å². The van der Waals surface area contributed by atoms with Gasteiger partial charge in [-0.1, -0.05) is 6.08 Å². The van der Waals surface area contributed by atoms with Gasteiger partial charge in [-0.3, -0.25) is 4.79 Å². The van der Waals surface area contributed by atoms with Crippen LogP contribution in [0.1, 0.15) is 34.1 Å². The summed E-state index contributed by atoms with van der Waals surface area (Å²) in [6.45, 7) is 8.44. The molecule has 102 valence electrons. The Kier molecular flexibility index (Phi) is 4.76. The van der Waals surface area contributed by atoms with E-state index in [4.69, 9.17) is 4.74 Å². The summed E-state index contributed by atoms with van der Waals surface area (Å²) >= 11 is 0. The Morgan fingerprint density at radius 2 is 2.06 bits per heavy atom. The molecule has 1 aliphatic rings. The summed E-state index contributed by atoms with van der Waals surface area (Å²) in [5.74, 6) is -0.117. The van der Waals surface area contributed by atoms with Crippen LogP contribution in [0.5, 0.6) is 0 Å². The van der Waals surface area contributed by atoms with Gasteiger partial charge >= 0.3 is 6.09 Å². The Balaban J connectivity index is 2.41. The van der Waals surface area contributed by atoms with E-state index in [2.05, 4.69) is 5.32 Å². The fourth-order valence-electron chi connectivity index (χ4n) is 1.77. The molecule has 1 fully saturated rings. The number of likely N-dealkylation sites (tertiary alicyclic amines) is 1. The number of carbonyl (C=O) groups excluding carboxylic acids is 2. The van der Waals surface area contributed by atoms with Crippen molar-refractivity contribution in [2.45, 2.75) is 45.8 Å². The lowest BCUT2D eigenvalue weighted by Crippen LogP contribution is -2.39. The molecule has 0 bridgehead atoms. The Morgan fingerprint density at radius 1 is 1.39 bits per heavy atom. The highest BCUT2D eigenvalue weighted by Gasteiger charge is 2.30. The minimum Gasteiger partial charge on any atom is -0.444 e. The van der Waals surface area contributed by atoms with Gasteiger partial charge in [-0.25, -0.2) is 4.79 Å². The molecule has 0 unspecified atom stereocenters. The number of ether oxygens (including phenoxy) is 1. The molecule has 0 saturated carbocycles. The van der Waals surface area contributed by atoms with E-state index in [0.29, 0.717) is 13.1 Å². The summed E-state index contributed by atoms with van der Waals surface area (Å²) in [5, 5.41) is 2.85. The first kappa shape index (κ1) is 14.5. The normalized spacial score (nSPS) is 20.2. The van der Waals surface area contributed by atoms with E-state index in [9.17, 15) is 9.59 Å². The molecule has 0 aromatic rings. The molecule has 1 aliphatic heterocycles. The van der Waals surface area contributed by atoms with Crippen molar-refractivity contribution in [1.82, 2.24) is 10.2 Å². The predicted octanol–water partition coefficient (Wildman–Crippen LogP) is 1.69. The summed E-state index contributed by atoms with van der Waals surface area (Å²) in [7, 11) is 0. The number of allylic oxidation sites excluding steroid dienone is 1. The maximum Gasteiger partial charge on any atom is 0.410 e. The van der Waals surface area contributed by atoms with Crippen molar-refractivity contribution in [3.8, 4) is 0 Å². The molecule has 0 spiro atoms. The number of nitrogens with zero attached hydrogens (tertiary/aromatic N) is 1. The van der Waals surface area contributed by atoms with Gasteiger partial charge in [0.05, 0.1) is 0 Å². The summed E-state index contributed by atoms with van der Waals surface area (Å²) in [5.41, 5.74) is -0.483. The van der Waals surface area contributed by atoms with Crippen molar-refractivity contribution >= 4 is 12.0 Å². The van der Waals surface area contributed by atoms with Crippen molar-refractivity contribution in [3.05, 3.63) is 12.2 Å². The van der Waals surface area contributed by atoms with E-state index in [-0.39, 0.29) is 18.0 Å². The lowest BCUT2D eigenvalue weighted by Gasteiger charge is -2.24. The molecule has 1 heterocycles. The van der Waals surface area contributed by atoms with Gasteiger partial charge in [0.25, 0.3) is 0 Å². The molecule has 1 rings (SSSR count). The van der Waals surface area contributed by atoms with Gasteiger partial charge in [0.15, 0.2) is 0 Å². The molecule has 0 radical (unpaired) electrons. The molecular formula is C13H22N2O3. The fourth-order valence-corrected chi connectivity index (χ4v) is 1.77. The van der Waals surface area contributed by atoms with Crippen LogP contribution >= 0.6 is 0 Å². The first-order valence-electron chi connectivity index (χ1n) is 6.23. The lowest BCUT2D eigenvalue weighted by atomic mass is 10.2. The molecular weight excluding hydrogens is 232 g/mol. The van der Waals surface area contributed by atoms with E-state index in [1.165, 1.54) is 6.08 Å². The van der Waals surface area contributed by atoms with E-state index >= 15 is 0 Å². The number of rotatable bonds is 2. The van der Waals surface area contributed by atoms with Crippen LogP contribution in [0.4, 0.5) is 4.79 Å². The number of amides is 2. The van der Waals surface area contributed by atoms with Gasteiger partial charge in [-0.2, -0.15) is 0 Å². The molecule has 5 nitrogen and oxygen atoms in total. The third kappa shape index (κ3) is 4.77. The van der Waals surface area contributed by atoms with Crippen molar-refractivity contribution in [2.24, 2.45) is 0 Å². The van der Waals surface area contributed by atoms with Crippen molar-refractivity contribution in [2.75, 3.05) is 13.1 Å².